The van der Waals surface area contributed by atoms with Crippen LogP contribution in [0.3, 0.4) is 0 Å². The zero-order valence-corrected chi connectivity index (χ0v) is 16.6. The van der Waals surface area contributed by atoms with Gasteiger partial charge in [0.1, 0.15) is 11.5 Å². The molecule has 7 nitrogen and oxygen atoms in total. The molecule has 0 unspecified atom stereocenters. The molecule has 1 amide bonds. The Kier molecular flexibility index (Phi) is 5.38. The minimum absolute atomic E-state index is 0.0271. The lowest BCUT2D eigenvalue weighted by atomic mass is 9.87. The first kappa shape index (κ1) is 18.6. The number of hydrogen-bond acceptors (Lipinski definition) is 5. The summed E-state index contributed by atoms with van der Waals surface area (Å²) < 4.78 is 1.50. The van der Waals surface area contributed by atoms with Crippen LogP contribution >= 0.6 is 11.3 Å². The van der Waals surface area contributed by atoms with E-state index >= 15 is 0 Å². The van der Waals surface area contributed by atoms with Gasteiger partial charge in [0.05, 0.1) is 4.88 Å². The molecule has 1 aliphatic rings. The van der Waals surface area contributed by atoms with E-state index in [0.717, 1.165) is 23.4 Å². The molecule has 0 bridgehead atoms. The lowest BCUT2D eigenvalue weighted by Crippen LogP contribution is -2.21. The van der Waals surface area contributed by atoms with Gasteiger partial charge in [0.15, 0.2) is 0 Å². The third-order valence-corrected chi connectivity index (χ3v) is 5.90. The second-order valence-corrected chi connectivity index (χ2v) is 8.22. The standard InChI is InChI=1S/C20H23N5O2S/c1-13-10-18(26)23-20(21-13)25-17(12-15(24-25)16-8-5-9-28-16)22-19(27)11-14-6-3-2-4-7-14/h5,8-10,12,14H,2-4,6-7,11H2,1H3,(H,22,27)(H,21,23,26). The fourth-order valence-corrected chi connectivity index (χ4v) is 4.37. The average molecular weight is 398 g/mol. The minimum Gasteiger partial charge on any atom is -0.310 e. The van der Waals surface area contributed by atoms with Crippen LogP contribution in [0.1, 0.15) is 44.2 Å². The van der Waals surface area contributed by atoms with Crippen molar-refractivity contribution in [2.45, 2.75) is 45.4 Å². The highest BCUT2D eigenvalue weighted by atomic mass is 32.1. The second-order valence-electron chi connectivity index (χ2n) is 7.27. The molecular weight excluding hydrogens is 374 g/mol. The first-order valence-corrected chi connectivity index (χ1v) is 10.5. The molecule has 8 heteroatoms. The van der Waals surface area contributed by atoms with E-state index in [2.05, 4.69) is 20.4 Å². The van der Waals surface area contributed by atoms with Gasteiger partial charge in [-0.3, -0.25) is 14.6 Å². The number of H-pyrrole nitrogens is 1. The highest BCUT2D eigenvalue weighted by Gasteiger charge is 2.20. The molecule has 2 N–H and O–H groups in total. The molecule has 0 aromatic carbocycles. The number of nitrogens with one attached hydrogen (secondary N) is 2. The Morgan fingerprint density at radius 2 is 2.14 bits per heavy atom. The molecule has 4 rings (SSSR count). The Morgan fingerprint density at radius 1 is 1.32 bits per heavy atom. The number of anilines is 1. The summed E-state index contributed by atoms with van der Waals surface area (Å²) in [7, 11) is 0. The summed E-state index contributed by atoms with van der Waals surface area (Å²) in [5.74, 6) is 1.22. The highest BCUT2D eigenvalue weighted by molar-refractivity contribution is 7.13. The zero-order chi connectivity index (χ0) is 19.5. The van der Waals surface area contributed by atoms with E-state index in [9.17, 15) is 9.59 Å². The van der Waals surface area contributed by atoms with Crippen molar-refractivity contribution in [2.24, 2.45) is 5.92 Å². The van der Waals surface area contributed by atoms with Crippen molar-refractivity contribution in [1.82, 2.24) is 19.7 Å². The summed E-state index contributed by atoms with van der Waals surface area (Å²) in [6.07, 6.45) is 6.40. The van der Waals surface area contributed by atoms with Crippen molar-refractivity contribution in [3.05, 3.63) is 45.7 Å². The quantitative estimate of drug-likeness (QED) is 0.683. The van der Waals surface area contributed by atoms with Crippen molar-refractivity contribution in [2.75, 3.05) is 5.32 Å². The van der Waals surface area contributed by atoms with Gasteiger partial charge in [0, 0.05) is 24.2 Å². The topological polar surface area (TPSA) is 92.7 Å². The Balaban J connectivity index is 1.64. The summed E-state index contributed by atoms with van der Waals surface area (Å²) in [5.41, 5.74) is 1.06. The van der Waals surface area contributed by atoms with E-state index < -0.39 is 0 Å². The molecule has 0 radical (unpaired) electrons. The first-order chi connectivity index (χ1) is 13.6. The molecular formula is C20H23N5O2S. The van der Waals surface area contributed by atoms with Crippen LogP contribution in [0.5, 0.6) is 0 Å². The maximum atomic E-state index is 12.7. The van der Waals surface area contributed by atoms with E-state index in [1.54, 1.807) is 18.3 Å². The molecule has 1 aliphatic carbocycles. The van der Waals surface area contributed by atoms with Gasteiger partial charge in [-0.05, 0) is 37.1 Å². The lowest BCUT2D eigenvalue weighted by Gasteiger charge is -2.20. The fraction of sp³-hybridized carbons (Fsp3) is 0.400. The Labute approximate surface area is 166 Å². The number of rotatable bonds is 5. The number of aromatic nitrogens is 4. The summed E-state index contributed by atoms with van der Waals surface area (Å²) in [4.78, 5) is 32.6. The van der Waals surface area contributed by atoms with Crippen LogP contribution in [-0.2, 0) is 4.79 Å². The van der Waals surface area contributed by atoms with E-state index in [0.29, 0.717) is 29.8 Å². The predicted octanol–water partition coefficient (Wildman–Crippen LogP) is 3.90. The van der Waals surface area contributed by atoms with Gasteiger partial charge in [-0.25, -0.2) is 4.98 Å². The Bertz CT molecular complexity index is 1020. The van der Waals surface area contributed by atoms with Crippen LogP contribution in [0.25, 0.3) is 16.5 Å². The number of amides is 1. The molecule has 3 aromatic heterocycles. The largest absolute Gasteiger partial charge is 0.310 e. The molecule has 1 fully saturated rings. The lowest BCUT2D eigenvalue weighted by molar-refractivity contribution is -0.117. The first-order valence-electron chi connectivity index (χ1n) is 9.60. The number of carbonyl (C=O) groups is 1. The number of aromatic amines is 1. The van der Waals surface area contributed by atoms with E-state index in [1.165, 1.54) is 30.0 Å². The predicted molar refractivity (Wildman–Crippen MR) is 110 cm³/mol. The normalized spacial score (nSPS) is 14.9. The van der Waals surface area contributed by atoms with E-state index in [-0.39, 0.29) is 11.5 Å². The van der Waals surface area contributed by atoms with Gasteiger partial charge in [-0.15, -0.1) is 11.3 Å². The van der Waals surface area contributed by atoms with Crippen molar-refractivity contribution in [1.29, 1.82) is 0 Å². The maximum absolute atomic E-state index is 12.7. The SMILES string of the molecule is Cc1cc(=O)[nH]c(-n2nc(-c3cccs3)cc2NC(=O)CC2CCCCC2)n1. The number of nitrogens with zero attached hydrogens (tertiary/aromatic N) is 3. The molecule has 0 atom stereocenters. The van der Waals surface area contributed by atoms with Crippen LogP contribution < -0.4 is 10.9 Å². The van der Waals surface area contributed by atoms with Gasteiger partial charge in [0.25, 0.3) is 5.56 Å². The smallest absolute Gasteiger partial charge is 0.252 e. The van der Waals surface area contributed by atoms with Gasteiger partial charge in [-0.1, -0.05) is 25.3 Å². The third kappa shape index (κ3) is 4.22. The van der Waals surface area contributed by atoms with Crippen LogP contribution in [0.4, 0.5) is 5.82 Å². The molecule has 146 valence electrons. The van der Waals surface area contributed by atoms with E-state index in [1.807, 2.05) is 23.6 Å². The van der Waals surface area contributed by atoms with Crippen molar-refractivity contribution >= 4 is 23.1 Å². The van der Waals surface area contributed by atoms with Crippen LogP contribution in [0, 0.1) is 12.8 Å². The zero-order valence-electron chi connectivity index (χ0n) is 15.8. The van der Waals surface area contributed by atoms with Crippen molar-refractivity contribution < 1.29 is 4.79 Å². The molecule has 0 aliphatic heterocycles. The number of aryl methyl sites for hydroxylation is 1. The maximum Gasteiger partial charge on any atom is 0.252 e. The number of thiophene rings is 1. The Morgan fingerprint density at radius 3 is 2.86 bits per heavy atom. The number of carbonyl (C=O) groups excluding carboxylic acids is 1. The summed E-state index contributed by atoms with van der Waals surface area (Å²) in [6, 6.07) is 7.17. The molecule has 1 saturated carbocycles. The molecule has 0 spiro atoms. The number of hydrogen-bond donors (Lipinski definition) is 2. The van der Waals surface area contributed by atoms with Gasteiger partial charge < -0.3 is 5.32 Å². The summed E-state index contributed by atoms with van der Waals surface area (Å²) >= 11 is 1.57. The summed E-state index contributed by atoms with van der Waals surface area (Å²) in [5, 5.41) is 9.54. The monoisotopic (exact) mass is 397 g/mol. The average Bonchev–Trinajstić information content (AvgIpc) is 3.31. The van der Waals surface area contributed by atoms with Gasteiger partial charge in [-0.2, -0.15) is 9.78 Å². The third-order valence-electron chi connectivity index (χ3n) is 5.01. The van der Waals surface area contributed by atoms with Crippen molar-refractivity contribution in [3.63, 3.8) is 0 Å². The minimum atomic E-state index is -0.254. The molecule has 3 aromatic rings. The highest BCUT2D eigenvalue weighted by Crippen LogP contribution is 2.29. The van der Waals surface area contributed by atoms with E-state index in [4.69, 9.17) is 0 Å². The second kappa shape index (κ2) is 8.10. The van der Waals surface area contributed by atoms with Crippen LogP contribution in [0.2, 0.25) is 0 Å². The van der Waals surface area contributed by atoms with Crippen LogP contribution in [0.15, 0.2) is 34.4 Å². The molecule has 0 saturated heterocycles. The Hall–Kier alpha value is -2.74. The molecule has 3 heterocycles. The van der Waals surface area contributed by atoms with Crippen molar-refractivity contribution in [3.8, 4) is 16.5 Å². The van der Waals surface area contributed by atoms with Gasteiger partial charge in [0.2, 0.25) is 11.9 Å². The fourth-order valence-electron chi connectivity index (χ4n) is 3.69. The van der Waals surface area contributed by atoms with Crippen LogP contribution in [-0.4, -0.2) is 25.7 Å². The van der Waals surface area contributed by atoms with Gasteiger partial charge >= 0.3 is 0 Å². The molecule has 28 heavy (non-hydrogen) atoms. The summed E-state index contributed by atoms with van der Waals surface area (Å²) in [6.45, 7) is 1.75.